The van der Waals surface area contributed by atoms with Crippen molar-refractivity contribution in [1.82, 2.24) is 4.90 Å². The molecule has 1 rings (SSSR count). The van der Waals surface area contributed by atoms with E-state index >= 15 is 0 Å². The summed E-state index contributed by atoms with van der Waals surface area (Å²) in [6, 6.07) is 0.105. The average Bonchev–Trinajstić information content (AvgIpc) is 2.67. The minimum atomic E-state index is -0.333. The monoisotopic (exact) mass is 198 g/mol. The lowest BCUT2D eigenvalue weighted by Gasteiger charge is -2.28. The van der Waals surface area contributed by atoms with E-state index in [9.17, 15) is 4.79 Å². The molecule has 1 aliphatic carbocycles. The van der Waals surface area contributed by atoms with Crippen LogP contribution < -0.4 is 5.73 Å². The number of nitrogens with zero attached hydrogens (tertiary/aromatic N) is 1. The van der Waals surface area contributed by atoms with E-state index in [4.69, 9.17) is 5.73 Å². The molecular weight excluding hydrogens is 176 g/mol. The Bertz CT molecular complexity index is 197. The third kappa shape index (κ3) is 2.47. The van der Waals surface area contributed by atoms with Gasteiger partial charge in [-0.15, -0.1) is 0 Å². The van der Waals surface area contributed by atoms with Crippen LogP contribution >= 0.6 is 0 Å². The standard InChI is InChI=1S/C11H22N2O/c1-8(2)10(12)11(14)13(3)9-6-4-5-7-9/h8-10H,4-7,12H2,1-3H3/t10-/m1/s1. The summed E-state index contributed by atoms with van der Waals surface area (Å²) < 4.78 is 0. The van der Waals surface area contributed by atoms with Gasteiger partial charge >= 0.3 is 0 Å². The zero-order chi connectivity index (χ0) is 10.7. The Kier molecular flexibility index (Phi) is 3.93. The Morgan fingerprint density at radius 3 is 2.29 bits per heavy atom. The van der Waals surface area contributed by atoms with Crippen LogP contribution in [0.15, 0.2) is 0 Å². The van der Waals surface area contributed by atoms with Crippen LogP contribution in [-0.4, -0.2) is 29.9 Å². The van der Waals surface area contributed by atoms with Gasteiger partial charge in [-0.3, -0.25) is 4.79 Å². The Hall–Kier alpha value is -0.570. The molecule has 2 N–H and O–H groups in total. The predicted octanol–water partition coefficient (Wildman–Crippen LogP) is 1.37. The van der Waals surface area contributed by atoms with Crippen molar-refractivity contribution >= 4 is 5.91 Å². The summed E-state index contributed by atoms with van der Waals surface area (Å²) >= 11 is 0. The summed E-state index contributed by atoms with van der Waals surface area (Å²) in [6.07, 6.45) is 4.79. The van der Waals surface area contributed by atoms with Crippen LogP contribution in [0.4, 0.5) is 0 Å². The molecule has 0 aromatic heterocycles. The molecule has 1 amide bonds. The Morgan fingerprint density at radius 1 is 1.36 bits per heavy atom. The van der Waals surface area contributed by atoms with Crippen LogP contribution in [0.1, 0.15) is 39.5 Å². The molecule has 82 valence electrons. The number of nitrogens with two attached hydrogens (primary N) is 1. The maximum atomic E-state index is 11.9. The SMILES string of the molecule is CC(C)[C@@H](N)C(=O)N(C)C1CCCC1. The molecule has 1 atom stereocenters. The van der Waals surface area contributed by atoms with Gasteiger partial charge < -0.3 is 10.6 Å². The van der Waals surface area contributed by atoms with Crippen molar-refractivity contribution < 1.29 is 4.79 Å². The van der Waals surface area contributed by atoms with Gasteiger partial charge in [0, 0.05) is 13.1 Å². The average molecular weight is 198 g/mol. The number of carbonyl (C=O) groups excluding carboxylic acids is 1. The van der Waals surface area contributed by atoms with Gasteiger partial charge in [0.15, 0.2) is 0 Å². The number of hydrogen-bond donors (Lipinski definition) is 1. The lowest BCUT2D eigenvalue weighted by molar-refractivity contribution is -0.134. The molecule has 14 heavy (non-hydrogen) atoms. The van der Waals surface area contributed by atoms with Crippen molar-refractivity contribution in [2.24, 2.45) is 11.7 Å². The zero-order valence-corrected chi connectivity index (χ0v) is 9.49. The van der Waals surface area contributed by atoms with Gasteiger partial charge in [0.25, 0.3) is 0 Å². The fourth-order valence-electron chi connectivity index (χ4n) is 1.99. The summed E-state index contributed by atoms with van der Waals surface area (Å²) in [5.41, 5.74) is 5.84. The van der Waals surface area contributed by atoms with Gasteiger partial charge in [-0.05, 0) is 18.8 Å². The van der Waals surface area contributed by atoms with Crippen LogP contribution in [0.2, 0.25) is 0 Å². The predicted molar refractivity (Wildman–Crippen MR) is 57.8 cm³/mol. The highest BCUT2D eigenvalue weighted by Gasteiger charge is 2.27. The second kappa shape index (κ2) is 4.78. The van der Waals surface area contributed by atoms with Gasteiger partial charge in [0.2, 0.25) is 5.91 Å². The molecule has 3 nitrogen and oxygen atoms in total. The minimum Gasteiger partial charge on any atom is -0.341 e. The van der Waals surface area contributed by atoms with E-state index in [0.29, 0.717) is 6.04 Å². The molecule has 1 fully saturated rings. The molecule has 0 heterocycles. The van der Waals surface area contributed by atoms with E-state index in [1.807, 2.05) is 25.8 Å². The first-order chi connectivity index (χ1) is 6.54. The number of carbonyl (C=O) groups is 1. The van der Waals surface area contributed by atoms with Crippen molar-refractivity contribution in [1.29, 1.82) is 0 Å². The molecular formula is C11H22N2O. The second-order valence-electron chi connectivity index (χ2n) is 4.66. The maximum Gasteiger partial charge on any atom is 0.239 e. The Balaban J connectivity index is 2.50. The zero-order valence-electron chi connectivity index (χ0n) is 9.49. The topological polar surface area (TPSA) is 46.3 Å². The molecule has 1 saturated carbocycles. The highest BCUT2D eigenvalue weighted by atomic mass is 16.2. The second-order valence-corrected chi connectivity index (χ2v) is 4.66. The first-order valence-corrected chi connectivity index (χ1v) is 5.56. The van der Waals surface area contributed by atoms with Gasteiger partial charge in [-0.1, -0.05) is 26.7 Å². The third-order valence-electron chi connectivity index (χ3n) is 3.22. The van der Waals surface area contributed by atoms with E-state index in [1.165, 1.54) is 12.8 Å². The summed E-state index contributed by atoms with van der Waals surface area (Å²) in [5, 5.41) is 0. The Morgan fingerprint density at radius 2 is 1.86 bits per heavy atom. The van der Waals surface area contributed by atoms with E-state index in [-0.39, 0.29) is 17.9 Å². The van der Waals surface area contributed by atoms with Crippen molar-refractivity contribution in [3.8, 4) is 0 Å². The van der Waals surface area contributed by atoms with Crippen LogP contribution in [0.3, 0.4) is 0 Å². The van der Waals surface area contributed by atoms with Gasteiger partial charge in [-0.25, -0.2) is 0 Å². The van der Waals surface area contributed by atoms with Crippen molar-refractivity contribution in [3.63, 3.8) is 0 Å². The van der Waals surface area contributed by atoms with Gasteiger partial charge in [-0.2, -0.15) is 0 Å². The number of amides is 1. The molecule has 0 unspecified atom stereocenters. The summed E-state index contributed by atoms with van der Waals surface area (Å²) in [7, 11) is 1.89. The number of likely N-dealkylation sites (N-methyl/N-ethyl adjacent to an activating group) is 1. The highest BCUT2D eigenvalue weighted by molar-refractivity contribution is 5.82. The number of rotatable bonds is 3. The molecule has 0 spiro atoms. The number of hydrogen-bond acceptors (Lipinski definition) is 2. The van der Waals surface area contributed by atoms with E-state index in [2.05, 4.69) is 0 Å². The first-order valence-electron chi connectivity index (χ1n) is 5.56. The molecule has 0 saturated heterocycles. The van der Waals surface area contributed by atoms with E-state index < -0.39 is 0 Å². The molecule has 0 aromatic carbocycles. The van der Waals surface area contributed by atoms with E-state index in [0.717, 1.165) is 12.8 Å². The quantitative estimate of drug-likeness (QED) is 0.744. The molecule has 0 radical (unpaired) electrons. The van der Waals surface area contributed by atoms with Crippen molar-refractivity contribution in [3.05, 3.63) is 0 Å². The normalized spacial score (nSPS) is 20.1. The van der Waals surface area contributed by atoms with Gasteiger partial charge in [0.1, 0.15) is 0 Å². The molecule has 0 aliphatic heterocycles. The fourth-order valence-corrected chi connectivity index (χ4v) is 1.99. The largest absolute Gasteiger partial charge is 0.341 e. The lowest BCUT2D eigenvalue weighted by Crippen LogP contribution is -2.48. The maximum absolute atomic E-state index is 11.9. The lowest BCUT2D eigenvalue weighted by atomic mass is 10.0. The van der Waals surface area contributed by atoms with Crippen LogP contribution in [0, 0.1) is 5.92 Å². The third-order valence-corrected chi connectivity index (χ3v) is 3.22. The Labute approximate surface area is 86.6 Å². The molecule has 0 aromatic rings. The minimum absolute atomic E-state index is 0.104. The summed E-state index contributed by atoms with van der Waals surface area (Å²) in [5.74, 6) is 0.332. The highest BCUT2D eigenvalue weighted by Crippen LogP contribution is 2.23. The summed E-state index contributed by atoms with van der Waals surface area (Å²) in [6.45, 7) is 3.98. The smallest absolute Gasteiger partial charge is 0.239 e. The van der Waals surface area contributed by atoms with Crippen molar-refractivity contribution in [2.45, 2.75) is 51.6 Å². The van der Waals surface area contributed by atoms with E-state index in [1.54, 1.807) is 0 Å². The van der Waals surface area contributed by atoms with Gasteiger partial charge in [0.05, 0.1) is 6.04 Å². The molecule has 1 aliphatic rings. The first kappa shape index (κ1) is 11.5. The van der Waals surface area contributed by atoms with Crippen molar-refractivity contribution in [2.75, 3.05) is 7.05 Å². The molecule has 0 bridgehead atoms. The fraction of sp³-hybridized carbons (Fsp3) is 0.909. The van der Waals surface area contributed by atoms with Crippen LogP contribution in [0.25, 0.3) is 0 Å². The summed E-state index contributed by atoms with van der Waals surface area (Å²) in [4.78, 5) is 13.7. The van der Waals surface area contributed by atoms with Crippen LogP contribution in [0.5, 0.6) is 0 Å². The van der Waals surface area contributed by atoms with Crippen LogP contribution in [-0.2, 0) is 4.79 Å². The molecule has 3 heteroatoms.